The molecule has 0 saturated heterocycles. The van der Waals surface area contributed by atoms with E-state index >= 15 is 0 Å². The molecule has 1 atom stereocenters. The Balaban J connectivity index is 0.00000196. The Kier molecular flexibility index (Phi) is 6.05. The predicted molar refractivity (Wildman–Crippen MR) is 59.7 cm³/mol. The molecule has 5 heteroatoms. The van der Waals surface area contributed by atoms with Gasteiger partial charge < -0.3 is 15.2 Å². The molecule has 0 unspecified atom stereocenters. The van der Waals surface area contributed by atoms with Gasteiger partial charge in [0.05, 0.1) is 20.3 Å². The fourth-order valence-electron chi connectivity index (χ4n) is 1.21. The molecule has 0 radical (unpaired) electrons. The summed E-state index contributed by atoms with van der Waals surface area (Å²) in [6.07, 6.45) is 0. The van der Waals surface area contributed by atoms with Gasteiger partial charge in [0.1, 0.15) is 18.2 Å². The summed E-state index contributed by atoms with van der Waals surface area (Å²) in [4.78, 5) is 0. The van der Waals surface area contributed by atoms with Crippen LogP contribution in [-0.2, 0) is 0 Å². The Labute approximate surface area is 94.8 Å². The first-order valence-electron chi connectivity index (χ1n) is 4.26. The smallest absolute Gasteiger partial charge is 0.123 e. The van der Waals surface area contributed by atoms with Crippen molar-refractivity contribution in [2.24, 2.45) is 5.73 Å². The summed E-state index contributed by atoms with van der Waals surface area (Å²) in [5.41, 5.74) is 6.20. The van der Waals surface area contributed by atoms with Crippen LogP contribution >= 0.6 is 12.4 Å². The van der Waals surface area contributed by atoms with Crippen molar-refractivity contribution in [1.29, 1.82) is 0 Å². The highest BCUT2D eigenvalue weighted by molar-refractivity contribution is 5.85. The summed E-state index contributed by atoms with van der Waals surface area (Å²) < 4.78 is 22.5. The molecule has 1 rings (SSSR count). The van der Waals surface area contributed by atoms with Crippen LogP contribution in [0.4, 0.5) is 4.39 Å². The molecule has 86 valence electrons. The highest BCUT2D eigenvalue weighted by atomic mass is 35.5. The lowest BCUT2D eigenvalue weighted by atomic mass is 10.1. The molecule has 15 heavy (non-hydrogen) atoms. The van der Waals surface area contributed by atoms with Crippen molar-refractivity contribution >= 4 is 12.4 Å². The summed E-state index contributed by atoms with van der Waals surface area (Å²) in [6, 6.07) is 4.47. The fourth-order valence-corrected chi connectivity index (χ4v) is 1.21. The first-order chi connectivity index (χ1) is 6.72. The van der Waals surface area contributed by atoms with Crippen molar-refractivity contribution in [3.05, 3.63) is 23.8 Å². The van der Waals surface area contributed by atoms with E-state index in [1.54, 1.807) is 25.3 Å². The Morgan fingerprint density at radius 3 is 2.47 bits per heavy atom. The van der Waals surface area contributed by atoms with Gasteiger partial charge in [-0.1, -0.05) is 0 Å². The standard InChI is InChI=1S/C10H14FNO2.ClH/c1-13-7-3-4-10(14-2)8(5-7)9(12)6-11;/h3-5,9H,6,12H2,1-2H3;1H/t9-;/m1./s1. The SMILES string of the molecule is COc1ccc(OC)c([C@H](N)CF)c1.Cl. The second-order valence-electron chi connectivity index (χ2n) is 2.87. The molecule has 0 spiro atoms. The molecule has 0 aromatic heterocycles. The van der Waals surface area contributed by atoms with Crippen LogP contribution in [0.3, 0.4) is 0 Å². The monoisotopic (exact) mass is 235 g/mol. The molecule has 0 aliphatic heterocycles. The van der Waals surface area contributed by atoms with Crippen LogP contribution in [0.1, 0.15) is 11.6 Å². The Morgan fingerprint density at radius 2 is 2.00 bits per heavy atom. The Hall–Kier alpha value is -1.00. The van der Waals surface area contributed by atoms with Crippen LogP contribution in [0.15, 0.2) is 18.2 Å². The van der Waals surface area contributed by atoms with E-state index in [-0.39, 0.29) is 12.4 Å². The third-order valence-electron chi connectivity index (χ3n) is 2.00. The highest BCUT2D eigenvalue weighted by Gasteiger charge is 2.12. The van der Waals surface area contributed by atoms with Crippen LogP contribution in [0.2, 0.25) is 0 Å². The first kappa shape index (κ1) is 14.0. The highest BCUT2D eigenvalue weighted by Crippen LogP contribution is 2.28. The average Bonchev–Trinajstić information content (AvgIpc) is 2.27. The van der Waals surface area contributed by atoms with Crippen LogP contribution < -0.4 is 15.2 Å². The maximum Gasteiger partial charge on any atom is 0.123 e. The summed E-state index contributed by atoms with van der Waals surface area (Å²) in [6.45, 7) is -0.622. The number of rotatable bonds is 4. The van der Waals surface area contributed by atoms with Crippen LogP contribution in [0.5, 0.6) is 11.5 Å². The predicted octanol–water partition coefficient (Wildman–Crippen LogP) is 2.09. The maximum absolute atomic E-state index is 12.4. The van der Waals surface area contributed by atoms with E-state index in [1.165, 1.54) is 7.11 Å². The van der Waals surface area contributed by atoms with E-state index in [2.05, 4.69) is 0 Å². The molecule has 0 amide bonds. The van der Waals surface area contributed by atoms with Crippen LogP contribution in [-0.4, -0.2) is 20.9 Å². The average molecular weight is 236 g/mol. The number of benzene rings is 1. The Bertz CT molecular complexity index is 309. The zero-order valence-electron chi connectivity index (χ0n) is 8.70. The van der Waals surface area contributed by atoms with E-state index in [1.807, 2.05) is 0 Å². The second-order valence-corrected chi connectivity index (χ2v) is 2.87. The summed E-state index contributed by atoms with van der Waals surface area (Å²) in [7, 11) is 3.07. The lowest BCUT2D eigenvalue weighted by Gasteiger charge is -2.13. The van der Waals surface area contributed by atoms with Crippen molar-refractivity contribution < 1.29 is 13.9 Å². The number of methoxy groups -OCH3 is 2. The van der Waals surface area contributed by atoms with E-state index in [0.717, 1.165) is 0 Å². The minimum Gasteiger partial charge on any atom is -0.497 e. The zero-order chi connectivity index (χ0) is 10.6. The number of alkyl halides is 1. The van der Waals surface area contributed by atoms with Crippen molar-refractivity contribution in [1.82, 2.24) is 0 Å². The van der Waals surface area contributed by atoms with Crippen molar-refractivity contribution in [3.63, 3.8) is 0 Å². The molecule has 1 aromatic rings. The van der Waals surface area contributed by atoms with Gasteiger partial charge in [-0.25, -0.2) is 4.39 Å². The molecule has 0 aliphatic rings. The quantitative estimate of drug-likeness (QED) is 0.869. The molecule has 1 aromatic carbocycles. The van der Waals surface area contributed by atoms with Gasteiger partial charge in [-0.15, -0.1) is 12.4 Å². The molecule has 0 heterocycles. The molecule has 0 aliphatic carbocycles. The summed E-state index contributed by atoms with van der Waals surface area (Å²) in [5, 5.41) is 0. The molecular formula is C10H15ClFNO2. The minimum absolute atomic E-state index is 0. The molecule has 0 bridgehead atoms. The number of hydrogen-bond donors (Lipinski definition) is 1. The third-order valence-corrected chi connectivity index (χ3v) is 2.00. The molecular weight excluding hydrogens is 221 g/mol. The Morgan fingerprint density at radius 1 is 1.33 bits per heavy atom. The van der Waals surface area contributed by atoms with Crippen molar-refractivity contribution in [2.75, 3.05) is 20.9 Å². The largest absolute Gasteiger partial charge is 0.497 e. The van der Waals surface area contributed by atoms with E-state index < -0.39 is 12.7 Å². The maximum atomic E-state index is 12.4. The topological polar surface area (TPSA) is 44.5 Å². The van der Waals surface area contributed by atoms with Crippen LogP contribution in [0.25, 0.3) is 0 Å². The van der Waals surface area contributed by atoms with Crippen molar-refractivity contribution in [3.8, 4) is 11.5 Å². The van der Waals surface area contributed by atoms with E-state index in [4.69, 9.17) is 15.2 Å². The molecule has 0 saturated carbocycles. The lowest BCUT2D eigenvalue weighted by Crippen LogP contribution is -2.13. The fraction of sp³-hybridized carbons (Fsp3) is 0.400. The number of halogens is 2. The number of nitrogens with two attached hydrogens (primary N) is 1. The second kappa shape index (κ2) is 6.48. The van der Waals surface area contributed by atoms with E-state index in [9.17, 15) is 4.39 Å². The molecule has 0 fully saturated rings. The third kappa shape index (κ3) is 3.25. The normalized spacial score (nSPS) is 11.5. The summed E-state index contributed by atoms with van der Waals surface area (Å²) in [5.74, 6) is 1.22. The number of hydrogen-bond acceptors (Lipinski definition) is 3. The molecule has 2 N–H and O–H groups in total. The molecule has 3 nitrogen and oxygen atoms in total. The first-order valence-corrected chi connectivity index (χ1v) is 4.26. The minimum atomic E-state index is -0.667. The van der Waals surface area contributed by atoms with Crippen LogP contribution in [0, 0.1) is 0 Å². The van der Waals surface area contributed by atoms with Gasteiger partial charge in [-0.2, -0.15) is 0 Å². The zero-order valence-corrected chi connectivity index (χ0v) is 9.51. The van der Waals surface area contributed by atoms with Gasteiger partial charge in [-0.3, -0.25) is 0 Å². The van der Waals surface area contributed by atoms with Gasteiger partial charge in [0.15, 0.2) is 0 Å². The van der Waals surface area contributed by atoms with Gasteiger partial charge in [0.2, 0.25) is 0 Å². The van der Waals surface area contributed by atoms with Gasteiger partial charge >= 0.3 is 0 Å². The number of ether oxygens (including phenoxy) is 2. The van der Waals surface area contributed by atoms with Gasteiger partial charge in [0, 0.05) is 5.56 Å². The lowest BCUT2D eigenvalue weighted by molar-refractivity contribution is 0.382. The van der Waals surface area contributed by atoms with Crippen molar-refractivity contribution in [2.45, 2.75) is 6.04 Å². The van der Waals surface area contributed by atoms with Gasteiger partial charge in [-0.05, 0) is 18.2 Å². The summed E-state index contributed by atoms with van der Waals surface area (Å²) >= 11 is 0. The van der Waals surface area contributed by atoms with E-state index in [0.29, 0.717) is 17.1 Å². The van der Waals surface area contributed by atoms with Gasteiger partial charge in [0.25, 0.3) is 0 Å².